The summed E-state index contributed by atoms with van der Waals surface area (Å²) in [6.07, 6.45) is 9.61. The van der Waals surface area contributed by atoms with Gasteiger partial charge in [-0.2, -0.15) is 0 Å². The Bertz CT molecular complexity index is 810. The number of para-hydroxylation sites is 1. The highest BCUT2D eigenvalue weighted by Gasteiger charge is 2.36. The molecule has 1 N–H and O–H groups in total. The number of allylic oxidation sites excluding steroid dienone is 1. The van der Waals surface area contributed by atoms with Crippen molar-refractivity contribution in [1.82, 2.24) is 9.88 Å². The number of rotatable bonds is 10. The van der Waals surface area contributed by atoms with Crippen molar-refractivity contribution < 1.29 is 9.47 Å². The lowest BCUT2D eigenvalue weighted by molar-refractivity contribution is -0.0621. The van der Waals surface area contributed by atoms with Crippen molar-refractivity contribution in [2.45, 2.75) is 39.2 Å². The number of ether oxygens (including phenoxy) is 2. The minimum Gasteiger partial charge on any atom is -0.359 e. The number of H-pyrrole nitrogens is 1. The van der Waals surface area contributed by atoms with Crippen LogP contribution in [0.25, 0.3) is 10.9 Å². The highest BCUT2D eigenvalue weighted by Crippen LogP contribution is 2.43. The maximum Gasteiger partial charge on any atom is 0.146 e. The van der Waals surface area contributed by atoms with Crippen LogP contribution in [0.4, 0.5) is 0 Å². The van der Waals surface area contributed by atoms with Gasteiger partial charge >= 0.3 is 0 Å². The number of aromatic nitrogens is 1. The molecule has 1 aliphatic heterocycles. The van der Waals surface area contributed by atoms with Gasteiger partial charge in [0.25, 0.3) is 0 Å². The average molecular weight is 383 g/mol. The van der Waals surface area contributed by atoms with Gasteiger partial charge in [-0.25, -0.2) is 0 Å². The number of nitrogens with one attached hydrogen (secondary N) is 1. The SMILES string of the molecule is C=CCN1CCc2c([nH]c3ccccc23)[C@H]1C[C@](/C=C/C)(CC)COCOC. The quantitative estimate of drug-likeness (QED) is 0.347. The molecule has 28 heavy (non-hydrogen) atoms. The first kappa shape index (κ1) is 20.8. The lowest BCUT2D eigenvalue weighted by Crippen LogP contribution is -2.39. The summed E-state index contributed by atoms with van der Waals surface area (Å²) in [5.74, 6) is 0. The predicted octanol–water partition coefficient (Wildman–Crippen LogP) is 5.24. The van der Waals surface area contributed by atoms with Gasteiger partial charge in [0, 0.05) is 42.2 Å². The first-order valence-corrected chi connectivity index (χ1v) is 10.3. The van der Waals surface area contributed by atoms with Crippen LogP contribution in [0.1, 0.15) is 44.0 Å². The number of nitrogens with zero attached hydrogens (tertiary/aromatic N) is 1. The number of hydrogen-bond acceptors (Lipinski definition) is 3. The largest absolute Gasteiger partial charge is 0.359 e. The molecule has 0 amide bonds. The molecule has 152 valence electrons. The minimum absolute atomic E-state index is 0.0245. The van der Waals surface area contributed by atoms with E-state index in [1.165, 1.54) is 22.2 Å². The first-order valence-electron chi connectivity index (χ1n) is 10.3. The van der Waals surface area contributed by atoms with E-state index in [4.69, 9.17) is 9.47 Å². The Hall–Kier alpha value is -1.88. The van der Waals surface area contributed by atoms with Gasteiger partial charge < -0.3 is 14.5 Å². The fourth-order valence-corrected chi connectivity index (χ4v) is 4.59. The topological polar surface area (TPSA) is 37.5 Å². The van der Waals surface area contributed by atoms with E-state index in [0.717, 1.165) is 32.4 Å². The zero-order valence-corrected chi connectivity index (χ0v) is 17.5. The molecule has 2 heterocycles. The van der Waals surface area contributed by atoms with E-state index < -0.39 is 0 Å². The Labute approximate surface area is 169 Å². The van der Waals surface area contributed by atoms with E-state index >= 15 is 0 Å². The molecule has 2 atom stereocenters. The van der Waals surface area contributed by atoms with Crippen LogP contribution < -0.4 is 0 Å². The van der Waals surface area contributed by atoms with Crippen LogP contribution in [-0.2, 0) is 15.9 Å². The van der Waals surface area contributed by atoms with Crippen LogP contribution in [0.3, 0.4) is 0 Å². The van der Waals surface area contributed by atoms with Crippen molar-refractivity contribution in [1.29, 1.82) is 0 Å². The maximum atomic E-state index is 5.85. The summed E-state index contributed by atoms with van der Waals surface area (Å²) in [5.41, 5.74) is 4.05. The summed E-state index contributed by atoms with van der Waals surface area (Å²) in [5, 5.41) is 1.37. The second-order valence-electron chi connectivity index (χ2n) is 7.79. The molecule has 1 aromatic carbocycles. The van der Waals surface area contributed by atoms with Gasteiger partial charge in [0.2, 0.25) is 0 Å². The second-order valence-corrected chi connectivity index (χ2v) is 7.79. The zero-order chi connectivity index (χ0) is 20.0. The van der Waals surface area contributed by atoms with Gasteiger partial charge in [0.05, 0.1) is 12.6 Å². The molecule has 1 aromatic heterocycles. The molecule has 3 rings (SSSR count). The Balaban J connectivity index is 1.99. The van der Waals surface area contributed by atoms with Gasteiger partial charge in [-0.05, 0) is 37.8 Å². The van der Waals surface area contributed by atoms with Gasteiger partial charge in [-0.15, -0.1) is 6.58 Å². The highest BCUT2D eigenvalue weighted by atomic mass is 16.7. The molecule has 4 heteroatoms. The van der Waals surface area contributed by atoms with Gasteiger partial charge in [0.15, 0.2) is 0 Å². The lowest BCUT2D eigenvalue weighted by atomic mass is 9.77. The van der Waals surface area contributed by atoms with E-state index in [-0.39, 0.29) is 5.41 Å². The Kier molecular flexibility index (Phi) is 7.11. The molecule has 0 saturated carbocycles. The first-order chi connectivity index (χ1) is 13.7. The van der Waals surface area contributed by atoms with Crippen molar-refractivity contribution >= 4 is 10.9 Å². The number of fused-ring (bicyclic) bond motifs is 3. The molecule has 0 saturated heterocycles. The number of aromatic amines is 1. The highest BCUT2D eigenvalue weighted by molar-refractivity contribution is 5.85. The molecule has 0 fully saturated rings. The molecular weight excluding hydrogens is 348 g/mol. The van der Waals surface area contributed by atoms with E-state index in [1.54, 1.807) is 7.11 Å². The fraction of sp³-hybridized carbons (Fsp3) is 0.500. The van der Waals surface area contributed by atoms with E-state index in [0.29, 0.717) is 19.4 Å². The third-order valence-corrected chi connectivity index (χ3v) is 6.05. The van der Waals surface area contributed by atoms with Crippen LogP contribution in [-0.4, -0.2) is 43.5 Å². The Morgan fingerprint density at radius 1 is 1.36 bits per heavy atom. The summed E-state index contributed by atoms with van der Waals surface area (Å²) in [6.45, 7) is 11.3. The van der Waals surface area contributed by atoms with Crippen LogP contribution >= 0.6 is 0 Å². The Morgan fingerprint density at radius 3 is 2.89 bits per heavy atom. The van der Waals surface area contributed by atoms with Crippen molar-refractivity contribution in [3.05, 3.63) is 60.3 Å². The lowest BCUT2D eigenvalue weighted by Gasteiger charge is -2.41. The standard InChI is InChI=1S/C24H34N2O2/c1-5-13-24(7-3,17-28-18-27-4)16-22-23-20(12-15-26(22)14-6-2)19-10-8-9-11-21(19)25-23/h5-6,8-11,13,22,25H,2,7,12,14-18H2,1,3-4H3/b13-5+/t22-,24-/m1/s1. The molecule has 2 aromatic rings. The number of hydrogen-bond donors (Lipinski definition) is 1. The molecule has 0 aliphatic carbocycles. The van der Waals surface area contributed by atoms with Crippen molar-refractivity contribution in [2.24, 2.45) is 5.41 Å². The van der Waals surface area contributed by atoms with Crippen LogP contribution in [0.2, 0.25) is 0 Å². The van der Waals surface area contributed by atoms with E-state index in [1.807, 2.05) is 6.08 Å². The van der Waals surface area contributed by atoms with Gasteiger partial charge in [0.1, 0.15) is 6.79 Å². The summed E-state index contributed by atoms with van der Waals surface area (Å²) in [4.78, 5) is 6.30. The molecule has 0 bridgehead atoms. The van der Waals surface area contributed by atoms with E-state index in [9.17, 15) is 0 Å². The van der Waals surface area contributed by atoms with Crippen molar-refractivity contribution in [3.8, 4) is 0 Å². The predicted molar refractivity (Wildman–Crippen MR) is 116 cm³/mol. The average Bonchev–Trinajstić information content (AvgIpc) is 3.09. The molecule has 0 spiro atoms. The third-order valence-electron chi connectivity index (χ3n) is 6.05. The molecule has 0 radical (unpaired) electrons. The number of methoxy groups -OCH3 is 1. The normalized spacial score (nSPS) is 19.8. The van der Waals surface area contributed by atoms with Gasteiger partial charge in [-0.1, -0.05) is 43.4 Å². The van der Waals surface area contributed by atoms with Crippen molar-refractivity contribution in [3.63, 3.8) is 0 Å². The van der Waals surface area contributed by atoms with E-state index in [2.05, 4.69) is 66.7 Å². The molecular formula is C24H34N2O2. The van der Waals surface area contributed by atoms with Crippen molar-refractivity contribution in [2.75, 3.05) is 33.6 Å². The van der Waals surface area contributed by atoms with Gasteiger partial charge in [-0.3, -0.25) is 4.90 Å². The second kappa shape index (κ2) is 9.55. The van der Waals surface area contributed by atoms with Crippen LogP contribution in [0, 0.1) is 5.41 Å². The summed E-state index contributed by atoms with van der Waals surface area (Å²) in [7, 11) is 1.67. The van der Waals surface area contributed by atoms with Crippen LogP contribution in [0.15, 0.2) is 49.1 Å². The molecule has 0 unspecified atom stereocenters. The fourth-order valence-electron chi connectivity index (χ4n) is 4.59. The zero-order valence-electron chi connectivity index (χ0n) is 17.5. The third kappa shape index (κ3) is 4.24. The number of benzene rings is 1. The molecule has 1 aliphatic rings. The monoisotopic (exact) mass is 382 g/mol. The van der Waals surface area contributed by atoms with Crippen LogP contribution in [0.5, 0.6) is 0 Å². The maximum absolute atomic E-state index is 5.85. The summed E-state index contributed by atoms with van der Waals surface area (Å²) < 4.78 is 11.0. The summed E-state index contributed by atoms with van der Waals surface area (Å²) >= 11 is 0. The Morgan fingerprint density at radius 2 is 2.18 bits per heavy atom. The smallest absolute Gasteiger partial charge is 0.146 e. The summed E-state index contributed by atoms with van der Waals surface area (Å²) in [6, 6.07) is 8.98. The minimum atomic E-state index is -0.0245. The molecule has 4 nitrogen and oxygen atoms in total.